The van der Waals surface area contributed by atoms with Gasteiger partial charge in [0.1, 0.15) is 25.1 Å². The summed E-state index contributed by atoms with van der Waals surface area (Å²) in [5.41, 5.74) is 1.77. The zero-order valence-electron chi connectivity index (χ0n) is 21.2. The minimum Gasteiger partial charge on any atom is -0.493 e. The van der Waals surface area contributed by atoms with Crippen molar-refractivity contribution in [2.24, 2.45) is 0 Å². The summed E-state index contributed by atoms with van der Waals surface area (Å²) in [6.07, 6.45) is 7.87. The van der Waals surface area contributed by atoms with Crippen molar-refractivity contribution >= 4 is 22.8 Å². The van der Waals surface area contributed by atoms with Gasteiger partial charge in [-0.1, -0.05) is 6.58 Å². The number of fused-ring (bicyclic) bond motifs is 1. The van der Waals surface area contributed by atoms with Gasteiger partial charge in [0.05, 0.1) is 25.2 Å². The second-order valence-corrected chi connectivity index (χ2v) is 8.33. The van der Waals surface area contributed by atoms with E-state index in [1.807, 2.05) is 18.2 Å². The normalized spacial score (nSPS) is 14.2. The van der Waals surface area contributed by atoms with Crippen molar-refractivity contribution in [3.63, 3.8) is 0 Å². The number of benzene rings is 1. The summed E-state index contributed by atoms with van der Waals surface area (Å²) in [5.74, 6) is 1.88. The monoisotopic (exact) mass is 516 g/mol. The van der Waals surface area contributed by atoms with Gasteiger partial charge in [-0.2, -0.15) is 5.26 Å². The number of hydrogen-bond acceptors (Lipinski definition) is 10. The molecule has 3 heterocycles. The van der Waals surface area contributed by atoms with Gasteiger partial charge < -0.3 is 24.6 Å². The molecule has 1 aromatic carbocycles. The van der Waals surface area contributed by atoms with Crippen molar-refractivity contribution in [3.8, 4) is 17.6 Å². The van der Waals surface area contributed by atoms with E-state index in [2.05, 4.69) is 42.3 Å². The number of ether oxygens (including phenoxy) is 2. The number of tetrazole rings is 1. The maximum Gasteiger partial charge on any atom is 0.321 e. The van der Waals surface area contributed by atoms with Crippen LogP contribution < -0.4 is 19.7 Å². The zero-order valence-corrected chi connectivity index (χ0v) is 21.2. The lowest BCUT2D eigenvalue weighted by molar-refractivity contribution is 0.197. The Morgan fingerprint density at radius 1 is 1.21 bits per heavy atom. The van der Waals surface area contributed by atoms with E-state index in [1.54, 1.807) is 41.8 Å². The Morgan fingerprint density at radius 2 is 2.03 bits per heavy atom. The fourth-order valence-electron chi connectivity index (χ4n) is 3.84. The largest absolute Gasteiger partial charge is 0.493 e. The zero-order chi connectivity index (χ0) is 26.9. The first kappa shape index (κ1) is 26.1. The topological polar surface area (TPSA) is 147 Å². The Hall–Kier alpha value is -4.99. The lowest BCUT2D eigenvalue weighted by Crippen LogP contribution is -2.51. The predicted molar refractivity (Wildman–Crippen MR) is 139 cm³/mol. The van der Waals surface area contributed by atoms with Crippen LogP contribution in [0.15, 0.2) is 60.9 Å². The number of aromatic nitrogens is 6. The Morgan fingerprint density at radius 3 is 2.71 bits per heavy atom. The molecule has 0 bridgehead atoms. The average molecular weight is 517 g/mol. The number of hydrogen-bond donors (Lipinski definition) is 1. The number of nitriles is 1. The Labute approximate surface area is 219 Å². The summed E-state index contributed by atoms with van der Waals surface area (Å²) >= 11 is 0. The van der Waals surface area contributed by atoms with Crippen LogP contribution in [0.5, 0.6) is 11.5 Å². The molecule has 0 unspecified atom stereocenters. The van der Waals surface area contributed by atoms with E-state index in [0.717, 1.165) is 16.7 Å². The lowest BCUT2D eigenvalue weighted by atomic mass is 10.2. The molecule has 4 rings (SSSR count). The summed E-state index contributed by atoms with van der Waals surface area (Å²) in [5, 5.41) is 23.6. The quantitative estimate of drug-likeness (QED) is 0.331. The van der Waals surface area contributed by atoms with E-state index in [9.17, 15) is 4.79 Å². The van der Waals surface area contributed by atoms with Gasteiger partial charge in [-0.3, -0.25) is 0 Å². The van der Waals surface area contributed by atoms with E-state index in [4.69, 9.17) is 14.7 Å². The summed E-state index contributed by atoms with van der Waals surface area (Å²) in [7, 11) is 1.58. The van der Waals surface area contributed by atoms with Crippen LogP contribution in [0.2, 0.25) is 0 Å². The molecule has 38 heavy (non-hydrogen) atoms. The van der Waals surface area contributed by atoms with E-state index in [0.29, 0.717) is 62.1 Å². The SMILES string of the molecule is C=C/C(=C\C=C(/C)C#N)NC(=O)N1CCN(c2ncnc3cc(OCCn4cnnn4)c(OC)cc23)CC1. The molecule has 0 aliphatic carbocycles. The number of nitrogens with zero attached hydrogens (tertiary/aromatic N) is 9. The lowest BCUT2D eigenvalue weighted by Gasteiger charge is -2.35. The van der Waals surface area contributed by atoms with Gasteiger partial charge in [0.15, 0.2) is 11.5 Å². The number of nitrogens with one attached hydrogen (secondary N) is 1. The van der Waals surface area contributed by atoms with E-state index >= 15 is 0 Å². The molecule has 1 aliphatic rings. The van der Waals surface area contributed by atoms with Crippen LogP contribution in [0.1, 0.15) is 6.92 Å². The minimum atomic E-state index is -0.225. The summed E-state index contributed by atoms with van der Waals surface area (Å²) in [6, 6.07) is 5.51. The molecule has 13 nitrogen and oxygen atoms in total. The highest BCUT2D eigenvalue weighted by Crippen LogP contribution is 2.35. The van der Waals surface area contributed by atoms with Gasteiger partial charge in [0.25, 0.3) is 0 Å². The number of carbonyl (C=O) groups excluding carboxylic acids is 1. The van der Waals surface area contributed by atoms with E-state index in [-0.39, 0.29) is 6.03 Å². The number of carbonyl (C=O) groups is 1. The molecule has 1 fully saturated rings. The molecule has 2 amide bonds. The number of anilines is 1. The highest BCUT2D eigenvalue weighted by Gasteiger charge is 2.24. The highest BCUT2D eigenvalue weighted by molar-refractivity contribution is 5.92. The third kappa shape index (κ3) is 6.22. The summed E-state index contributed by atoms with van der Waals surface area (Å²) in [6.45, 7) is 8.45. The van der Waals surface area contributed by atoms with Crippen LogP contribution in [-0.4, -0.2) is 81.0 Å². The minimum absolute atomic E-state index is 0.225. The van der Waals surface area contributed by atoms with Gasteiger partial charge in [-0.25, -0.2) is 19.4 Å². The molecule has 196 valence electrons. The first-order valence-corrected chi connectivity index (χ1v) is 11.9. The Balaban J connectivity index is 1.43. The summed E-state index contributed by atoms with van der Waals surface area (Å²) < 4.78 is 13.1. The third-order valence-corrected chi connectivity index (χ3v) is 5.90. The number of amides is 2. The standard InChI is InChI=1S/C25H28N10O3/c1-4-19(6-5-18(2)15-26)30-25(36)34-9-7-33(8-10-34)24-20-13-22(37-3)23(14-21(20)27-16-28-24)38-12-11-35-17-29-31-32-35/h4-6,13-14,16-17H,1,7-12H2,2-3H3,(H,30,36)/b18-5+,19-6+. The molecular weight excluding hydrogens is 488 g/mol. The molecule has 2 aromatic heterocycles. The molecule has 0 atom stereocenters. The number of methoxy groups -OCH3 is 1. The first-order valence-electron chi connectivity index (χ1n) is 11.9. The molecule has 0 saturated carbocycles. The number of urea groups is 1. The van der Waals surface area contributed by atoms with Crippen molar-refractivity contribution in [1.29, 1.82) is 5.26 Å². The molecule has 1 saturated heterocycles. The highest BCUT2D eigenvalue weighted by atomic mass is 16.5. The maximum absolute atomic E-state index is 12.8. The van der Waals surface area contributed by atoms with Crippen molar-refractivity contribution in [2.75, 3.05) is 44.8 Å². The fourth-order valence-corrected chi connectivity index (χ4v) is 3.84. The van der Waals surface area contributed by atoms with Gasteiger partial charge in [-0.15, -0.1) is 5.10 Å². The summed E-state index contributed by atoms with van der Waals surface area (Å²) in [4.78, 5) is 25.6. The van der Waals surface area contributed by atoms with Crippen molar-refractivity contribution in [1.82, 2.24) is 40.4 Å². The van der Waals surface area contributed by atoms with E-state index < -0.39 is 0 Å². The van der Waals surface area contributed by atoms with E-state index in [1.165, 1.54) is 12.7 Å². The second-order valence-electron chi connectivity index (χ2n) is 8.33. The third-order valence-electron chi connectivity index (χ3n) is 5.90. The molecule has 13 heteroatoms. The maximum atomic E-state index is 12.8. The Kier molecular flexibility index (Phi) is 8.45. The van der Waals surface area contributed by atoms with Crippen molar-refractivity contribution in [3.05, 3.63) is 60.9 Å². The van der Waals surface area contributed by atoms with Gasteiger partial charge in [0.2, 0.25) is 0 Å². The first-order chi connectivity index (χ1) is 18.5. The van der Waals surface area contributed by atoms with Gasteiger partial charge in [-0.05, 0) is 41.6 Å². The molecule has 0 spiro atoms. The molecule has 1 N–H and O–H groups in total. The van der Waals surface area contributed by atoms with Crippen LogP contribution >= 0.6 is 0 Å². The molecule has 0 radical (unpaired) electrons. The number of allylic oxidation sites excluding steroid dienone is 4. The van der Waals surface area contributed by atoms with Crippen LogP contribution in [0.3, 0.4) is 0 Å². The Bertz CT molecular complexity index is 1390. The van der Waals surface area contributed by atoms with Crippen molar-refractivity contribution in [2.45, 2.75) is 13.5 Å². The average Bonchev–Trinajstić information content (AvgIpc) is 3.47. The van der Waals surface area contributed by atoms with Crippen LogP contribution in [0.25, 0.3) is 10.9 Å². The number of rotatable bonds is 9. The molecule has 1 aliphatic heterocycles. The van der Waals surface area contributed by atoms with Crippen molar-refractivity contribution < 1.29 is 14.3 Å². The van der Waals surface area contributed by atoms with Gasteiger partial charge in [0, 0.05) is 48.9 Å². The molecular formula is C25H28N10O3. The molecule has 3 aromatic rings. The smallest absolute Gasteiger partial charge is 0.321 e. The van der Waals surface area contributed by atoms with Crippen LogP contribution in [0.4, 0.5) is 10.6 Å². The number of piperazine rings is 1. The predicted octanol–water partition coefficient (Wildman–Crippen LogP) is 2.08. The van der Waals surface area contributed by atoms with Crippen LogP contribution in [-0.2, 0) is 6.54 Å². The van der Waals surface area contributed by atoms with Crippen LogP contribution in [0, 0.1) is 11.3 Å². The van der Waals surface area contributed by atoms with Gasteiger partial charge >= 0.3 is 6.03 Å². The fraction of sp³-hybridized carbons (Fsp3) is 0.320. The second kappa shape index (κ2) is 12.3.